The lowest BCUT2D eigenvalue weighted by molar-refractivity contribution is 0.243. The quantitative estimate of drug-likeness (QED) is 0.492. The van der Waals surface area contributed by atoms with E-state index in [2.05, 4.69) is 11.9 Å². The molecule has 0 aromatic heterocycles. The third-order valence-electron chi connectivity index (χ3n) is 3.19. The van der Waals surface area contributed by atoms with Gasteiger partial charge in [-0.1, -0.05) is 38.7 Å². The van der Waals surface area contributed by atoms with Crippen LogP contribution in [0.15, 0.2) is 12.8 Å². The lowest BCUT2D eigenvalue weighted by atomic mass is 9.87. The molecule has 0 aromatic carbocycles. The van der Waals surface area contributed by atoms with Gasteiger partial charge in [-0.2, -0.15) is 0 Å². The lowest BCUT2D eigenvalue weighted by Crippen LogP contribution is -2.21. The molecular weight excluding hydrogens is 186 g/mol. The fourth-order valence-corrected chi connectivity index (χ4v) is 2.27. The van der Waals surface area contributed by atoms with Gasteiger partial charge in [-0.05, 0) is 31.8 Å². The average molecular weight is 211 g/mol. The highest BCUT2D eigenvalue weighted by Gasteiger charge is 2.12. The summed E-state index contributed by atoms with van der Waals surface area (Å²) < 4.78 is 5.05. The standard InChI is InChI=1S/C13H25NO/c1-2-15-12-6-10-14-11-9-13-7-4-3-5-8-13/h2,13-14H,1,3-12H2. The van der Waals surface area contributed by atoms with E-state index in [0.29, 0.717) is 0 Å². The van der Waals surface area contributed by atoms with Crippen molar-refractivity contribution in [1.82, 2.24) is 5.32 Å². The van der Waals surface area contributed by atoms with Gasteiger partial charge in [0.2, 0.25) is 0 Å². The number of nitrogens with one attached hydrogen (secondary N) is 1. The van der Waals surface area contributed by atoms with Crippen molar-refractivity contribution in [1.29, 1.82) is 0 Å². The fraction of sp³-hybridized carbons (Fsp3) is 0.846. The minimum Gasteiger partial charge on any atom is -0.502 e. The molecule has 1 aliphatic carbocycles. The summed E-state index contributed by atoms with van der Waals surface area (Å²) in [6.45, 7) is 6.55. The zero-order valence-electron chi connectivity index (χ0n) is 9.84. The summed E-state index contributed by atoms with van der Waals surface area (Å²) in [5.74, 6) is 0.996. The highest BCUT2D eigenvalue weighted by Crippen LogP contribution is 2.25. The largest absolute Gasteiger partial charge is 0.502 e. The zero-order valence-corrected chi connectivity index (χ0v) is 9.84. The smallest absolute Gasteiger partial charge is 0.0885 e. The molecule has 0 unspecified atom stereocenters. The van der Waals surface area contributed by atoms with Crippen molar-refractivity contribution in [3.8, 4) is 0 Å². The Balaban J connectivity index is 1.81. The van der Waals surface area contributed by atoms with Crippen LogP contribution in [0.3, 0.4) is 0 Å². The Labute approximate surface area is 94.1 Å². The van der Waals surface area contributed by atoms with Crippen molar-refractivity contribution in [3.05, 3.63) is 12.8 Å². The van der Waals surface area contributed by atoms with E-state index in [4.69, 9.17) is 4.74 Å². The molecule has 0 aromatic rings. The average Bonchev–Trinajstić information content (AvgIpc) is 2.29. The highest BCUT2D eigenvalue weighted by molar-refractivity contribution is 4.66. The molecule has 1 aliphatic rings. The Morgan fingerprint density at radius 3 is 2.73 bits per heavy atom. The third-order valence-corrected chi connectivity index (χ3v) is 3.19. The summed E-state index contributed by atoms with van der Waals surface area (Å²) in [7, 11) is 0. The fourth-order valence-electron chi connectivity index (χ4n) is 2.27. The van der Waals surface area contributed by atoms with Crippen molar-refractivity contribution in [2.75, 3.05) is 19.7 Å². The molecule has 0 radical (unpaired) electrons. The molecule has 0 heterocycles. The van der Waals surface area contributed by atoms with Crippen LogP contribution in [0.2, 0.25) is 0 Å². The number of ether oxygens (including phenoxy) is 1. The Kier molecular flexibility index (Phi) is 7.36. The monoisotopic (exact) mass is 211 g/mol. The van der Waals surface area contributed by atoms with Crippen molar-refractivity contribution in [2.24, 2.45) is 5.92 Å². The van der Waals surface area contributed by atoms with Gasteiger partial charge >= 0.3 is 0 Å². The van der Waals surface area contributed by atoms with Crippen molar-refractivity contribution < 1.29 is 4.74 Å². The molecule has 1 saturated carbocycles. The maximum absolute atomic E-state index is 5.05. The molecule has 15 heavy (non-hydrogen) atoms. The summed E-state index contributed by atoms with van der Waals surface area (Å²) in [6.07, 6.45) is 11.3. The predicted molar refractivity (Wildman–Crippen MR) is 64.8 cm³/mol. The minimum atomic E-state index is 0.792. The topological polar surface area (TPSA) is 21.3 Å². The second-order valence-corrected chi connectivity index (χ2v) is 4.43. The van der Waals surface area contributed by atoms with Gasteiger partial charge in [0.1, 0.15) is 0 Å². The number of rotatable bonds is 8. The molecule has 0 saturated heterocycles. The van der Waals surface area contributed by atoms with E-state index in [-0.39, 0.29) is 0 Å². The minimum absolute atomic E-state index is 0.792. The van der Waals surface area contributed by atoms with Crippen molar-refractivity contribution in [3.63, 3.8) is 0 Å². The van der Waals surface area contributed by atoms with Gasteiger partial charge < -0.3 is 10.1 Å². The first-order valence-electron chi connectivity index (χ1n) is 6.36. The second-order valence-electron chi connectivity index (χ2n) is 4.43. The molecule has 0 bridgehead atoms. The molecule has 2 nitrogen and oxygen atoms in total. The van der Waals surface area contributed by atoms with Gasteiger partial charge in [0.15, 0.2) is 0 Å². The van der Waals surface area contributed by atoms with Gasteiger partial charge in [-0.25, -0.2) is 0 Å². The first kappa shape index (κ1) is 12.6. The third kappa shape index (κ3) is 6.56. The van der Waals surface area contributed by atoms with Gasteiger partial charge in [0, 0.05) is 0 Å². The van der Waals surface area contributed by atoms with Crippen LogP contribution in [0.1, 0.15) is 44.9 Å². The first-order valence-corrected chi connectivity index (χ1v) is 6.36. The summed E-state index contributed by atoms with van der Waals surface area (Å²) in [5, 5.41) is 3.48. The Morgan fingerprint density at radius 2 is 2.00 bits per heavy atom. The van der Waals surface area contributed by atoms with E-state index < -0.39 is 0 Å². The molecule has 1 fully saturated rings. The van der Waals surface area contributed by atoms with Crippen molar-refractivity contribution in [2.45, 2.75) is 44.9 Å². The normalized spacial score (nSPS) is 17.6. The van der Waals surface area contributed by atoms with Gasteiger partial charge in [0.25, 0.3) is 0 Å². The van der Waals surface area contributed by atoms with E-state index in [1.807, 2.05) is 0 Å². The molecule has 0 amide bonds. The predicted octanol–water partition coefficient (Wildman–Crippen LogP) is 3.10. The van der Waals surface area contributed by atoms with Crippen LogP contribution >= 0.6 is 0 Å². The molecule has 0 atom stereocenters. The summed E-state index contributed by atoms with van der Waals surface area (Å²) in [5.41, 5.74) is 0. The van der Waals surface area contributed by atoms with Crippen LogP contribution in [0.25, 0.3) is 0 Å². The number of hydrogen-bond donors (Lipinski definition) is 1. The van der Waals surface area contributed by atoms with Gasteiger partial charge in [-0.3, -0.25) is 0 Å². The Bertz CT molecular complexity index is 153. The van der Waals surface area contributed by atoms with Crippen molar-refractivity contribution >= 4 is 0 Å². The van der Waals surface area contributed by atoms with Crippen LogP contribution in [0.5, 0.6) is 0 Å². The number of hydrogen-bond acceptors (Lipinski definition) is 2. The summed E-state index contributed by atoms with van der Waals surface area (Å²) in [6, 6.07) is 0. The zero-order chi connectivity index (χ0) is 10.8. The van der Waals surface area contributed by atoms with Crippen LogP contribution < -0.4 is 5.32 Å². The molecule has 0 aliphatic heterocycles. The summed E-state index contributed by atoms with van der Waals surface area (Å²) >= 11 is 0. The first-order chi connectivity index (χ1) is 7.43. The lowest BCUT2D eigenvalue weighted by Gasteiger charge is -2.21. The van der Waals surface area contributed by atoms with E-state index in [1.165, 1.54) is 51.3 Å². The SMILES string of the molecule is C=COCCCNCCC1CCCCC1. The Hall–Kier alpha value is -0.500. The van der Waals surface area contributed by atoms with E-state index in [1.54, 1.807) is 0 Å². The van der Waals surface area contributed by atoms with Crippen LogP contribution in [-0.4, -0.2) is 19.7 Å². The maximum atomic E-state index is 5.05. The Morgan fingerprint density at radius 1 is 1.20 bits per heavy atom. The highest BCUT2D eigenvalue weighted by atomic mass is 16.5. The molecule has 1 N–H and O–H groups in total. The molecule has 1 rings (SSSR count). The van der Waals surface area contributed by atoms with Gasteiger partial charge in [0.05, 0.1) is 12.9 Å². The molecule has 88 valence electrons. The maximum Gasteiger partial charge on any atom is 0.0885 e. The van der Waals surface area contributed by atoms with E-state index in [0.717, 1.165) is 25.5 Å². The van der Waals surface area contributed by atoms with E-state index in [9.17, 15) is 0 Å². The van der Waals surface area contributed by atoms with Crippen LogP contribution in [0, 0.1) is 5.92 Å². The van der Waals surface area contributed by atoms with Gasteiger partial charge in [-0.15, -0.1) is 0 Å². The second kappa shape index (κ2) is 8.78. The molecular formula is C13H25NO. The van der Waals surface area contributed by atoms with Crippen LogP contribution in [-0.2, 0) is 4.74 Å². The van der Waals surface area contributed by atoms with Crippen LogP contribution in [0.4, 0.5) is 0 Å². The molecule has 2 heteroatoms. The van der Waals surface area contributed by atoms with E-state index >= 15 is 0 Å². The summed E-state index contributed by atoms with van der Waals surface area (Å²) in [4.78, 5) is 0. The molecule has 0 spiro atoms.